The van der Waals surface area contributed by atoms with Crippen LogP contribution in [0.15, 0.2) is 71.1 Å². The molecule has 0 aliphatic carbocycles. The fraction of sp³-hybridized carbons (Fsp3) is 0.333. The Hall–Kier alpha value is -3.09. The summed E-state index contributed by atoms with van der Waals surface area (Å²) in [6.45, 7) is 4.19. The summed E-state index contributed by atoms with van der Waals surface area (Å²) in [4.78, 5) is 25.5. The van der Waals surface area contributed by atoms with Gasteiger partial charge in [-0.05, 0) is 54.3 Å². The molecule has 0 aliphatic heterocycles. The number of hydrogen-bond donors (Lipinski definition) is 1. The molecule has 7 heteroatoms. The minimum absolute atomic E-state index is 0.168. The Morgan fingerprint density at radius 2 is 1.65 bits per heavy atom. The van der Waals surface area contributed by atoms with Gasteiger partial charge in [-0.3, -0.25) is 14.9 Å². The first kappa shape index (κ1) is 25.5. The van der Waals surface area contributed by atoms with E-state index in [2.05, 4.69) is 5.32 Å². The molecule has 180 valence electrons. The van der Waals surface area contributed by atoms with Crippen LogP contribution in [0.3, 0.4) is 0 Å². The Morgan fingerprint density at radius 3 is 2.29 bits per heavy atom. The van der Waals surface area contributed by atoms with Gasteiger partial charge in [-0.25, -0.2) is 0 Å². The molecule has 0 saturated heterocycles. The van der Waals surface area contributed by atoms with Gasteiger partial charge in [-0.2, -0.15) is 0 Å². The van der Waals surface area contributed by atoms with Crippen LogP contribution in [0.1, 0.15) is 31.6 Å². The summed E-state index contributed by atoms with van der Waals surface area (Å²) in [5, 5.41) is 3.79. The zero-order valence-electron chi connectivity index (χ0n) is 19.6. The van der Waals surface area contributed by atoms with Gasteiger partial charge in [0.2, 0.25) is 0 Å². The SMILES string of the molecule is COC(=O)C(Cc1ccc(-c2ccc(Cl)cc2)o1)N[C@@H](CC(C)C)C(=O)OCc1ccccc1. The summed E-state index contributed by atoms with van der Waals surface area (Å²) in [7, 11) is 1.32. The van der Waals surface area contributed by atoms with Gasteiger partial charge in [-0.15, -0.1) is 0 Å². The van der Waals surface area contributed by atoms with Crippen molar-refractivity contribution in [3.63, 3.8) is 0 Å². The molecule has 1 N–H and O–H groups in total. The highest BCUT2D eigenvalue weighted by Gasteiger charge is 2.30. The fourth-order valence-electron chi connectivity index (χ4n) is 3.59. The van der Waals surface area contributed by atoms with Crippen LogP contribution in [0.5, 0.6) is 0 Å². The van der Waals surface area contributed by atoms with Gasteiger partial charge in [0.25, 0.3) is 0 Å². The molecule has 3 aromatic rings. The lowest BCUT2D eigenvalue weighted by Crippen LogP contribution is -2.49. The minimum Gasteiger partial charge on any atom is -0.468 e. The normalized spacial score (nSPS) is 12.9. The molecule has 0 spiro atoms. The van der Waals surface area contributed by atoms with Crippen molar-refractivity contribution in [2.24, 2.45) is 5.92 Å². The van der Waals surface area contributed by atoms with E-state index < -0.39 is 24.0 Å². The predicted molar refractivity (Wildman–Crippen MR) is 131 cm³/mol. The maximum absolute atomic E-state index is 12.9. The number of halogens is 1. The van der Waals surface area contributed by atoms with Gasteiger partial charge in [-0.1, -0.05) is 55.8 Å². The Kier molecular flexibility index (Phi) is 9.31. The van der Waals surface area contributed by atoms with E-state index in [0.29, 0.717) is 23.0 Å². The van der Waals surface area contributed by atoms with Crippen LogP contribution in [-0.2, 0) is 32.1 Å². The number of carbonyl (C=O) groups is 2. The average molecular weight is 484 g/mol. The summed E-state index contributed by atoms with van der Waals surface area (Å²) < 4.78 is 16.5. The lowest BCUT2D eigenvalue weighted by atomic mass is 10.0. The molecule has 0 aliphatic rings. The molecule has 3 rings (SSSR count). The molecule has 6 nitrogen and oxygen atoms in total. The van der Waals surface area contributed by atoms with Crippen LogP contribution in [0.25, 0.3) is 11.3 Å². The van der Waals surface area contributed by atoms with E-state index in [1.165, 1.54) is 7.11 Å². The molecular weight excluding hydrogens is 454 g/mol. The van der Waals surface area contributed by atoms with Crippen LogP contribution in [0.4, 0.5) is 0 Å². The molecule has 1 heterocycles. The summed E-state index contributed by atoms with van der Waals surface area (Å²) >= 11 is 5.96. The van der Waals surface area contributed by atoms with Crippen LogP contribution in [0, 0.1) is 5.92 Å². The van der Waals surface area contributed by atoms with E-state index in [1.54, 1.807) is 12.1 Å². The smallest absolute Gasteiger partial charge is 0.323 e. The van der Waals surface area contributed by atoms with Crippen molar-refractivity contribution in [3.05, 3.63) is 83.1 Å². The molecule has 1 unspecified atom stereocenters. The number of nitrogens with one attached hydrogen (secondary N) is 1. The third kappa shape index (κ3) is 7.47. The molecule has 0 amide bonds. The van der Waals surface area contributed by atoms with Gasteiger partial charge in [0.05, 0.1) is 7.11 Å². The van der Waals surface area contributed by atoms with Crippen molar-refractivity contribution in [3.8, 4) is 11.3 Å². The zero-order chi connectivity index (χ0) is 24.5. The second-order valence-corrected chi connectivity index (χ2v) is 8.93. The fourth-order valence-corrected chi connectivity index (χ4v) is 3.71. The van der Waals surface area contributed by atoms with Gasteiger partial charge < -0.3 is 13.9 Å². The van der Waals surface area contributed by atoms with Crippen LogP contribution < -0.4 is 5.32 Å². The van der Waals surface area contributed by atoms with Crippen molar-refractivity contribution in [2.45, 2.75) is 45.4 Å². The molecule has 0 fully saturated rings. The number of hydrogen-bond acceptors (Lipinski definition) is 6. The number of carbonyl (C=O) groups excluding carboxylic acids is 2. The van der Waals surface area contributed by atoms with Crippen LogP contribution >= 0.6 is 11.6 Å². The van der Waals surface area contributed by atoms with E-state index in [4.69, 9.17) is 25.5 Å². The summed E-state index contributed by atoms with van der Waals surface area (Å²) in [5.41, 5.74) is 1.77. The molecular formula is C27H30ClNO5. The Labute approximate surface area is 205 Å². The first-order chi connectivity index (χ1) is 16.4. The summed E-state index contributed by atoms with van der Waals surface area (Å²) in [5.74, 6) is 0.576. The predicted octanol–water partition coefficient (Wildman–Crippen LogP) is 5.43. The highest BCUT2D eigenvalue weighted by atomic mass is 35.5. The molecule has 0 saturated carbocycles. The standard InChI is InChI=1S/C27H30ClNO5/c1-18(2)15-23(27(31)33-17-19-7-5-4-6-8-19)29-24(26(30)32-3)16-22-13-14-25(34-22)20-9-11-21(28)12-10-20/h4-14,18,23-24,29H,15-17H2,1-3H3/t23-,24?/m0/s1. The molecule has 2 aromatic carbocycles. The van der Waals surface area contributed by atoms with Gasteiger partial charge >= 0.3 is 11.9 Å². The second kappa shape index (κ2) is 12.4. The van der Waals surface area contributed by atoms with E-state index in [0.717, 1.165) is 11.1 Å². The van der Waals surface area contributed by atoms with Gasteiger partial charge in [0.15, 0.2) is 0 Å². The van der Waals surface area contributed by atoms with E-state index in [1.807, 2.05) is 68.4 Å². The molecule has 1 aromatic heterocycles. The third-order valence-corrected chi connectivity index (χ3v) is 5.55. The Morgan fingerprint density at radius 1 is 0.941 bits per heavy atom. The van der Waals surface area contributed by atoms with Crippen molar-refractivity contribution in [2.75, 3.05) is 7.11 Å². The number of benzene rings is 2. The zero-order valence-corrected chi connectivity index (χ0v) is 20.4. The van der Waals surface area contributed by atoms with Crippen LogP contribution in [-0.4, -0.2) is 31.1 Å². The van der Waals surface area contributed by atoms with Crippen molar-refractivity contribution < 1.29 is 23.5 Å². The Balaban J connectivity index is 1.71. The quantitative estimate of drug-likeness (QED) is 0.366. The third-order valence-electron chi connectivity index (χ3n) is 5.30. The maximum atomic E-state index is 12.9. The monoisotopic (exact) mass is 483 g/mol. The average Bonchev–Trinajstić information content (AvgIpc) is 3.30. The first-order valence-electron chi connectivity index (χ1n) is 11.2. The highest BCUT2D eigenvalue weighted by molar-refractivity contribution is 6.30. The van der Waals surface area contributed by atoms with E-state index in [-0.39, 0.29) is 18.9 Å². The number of rotatable bonds is 11. The highest BCUT2D eigenvalue weighted by Crippen LogP contribution is 2.24. The van der Waals surface area contributed by atoms with E-state index in [9.17, 15) is 9.59 Å². The van der Waals surface area contributed by atoms with Gasteiger partial charge in [0.1, 0.15) is 30.2 Å². The topological polar surface area (TPSA) is 77.8 Å². The molecule has 34 heavy (non-hydrogen) atoms. The number of ether oxygens (including phenoxy) is 2. The Bertz CT molecular complexity index is 1060. The maximum Gasteiger partial charge on any atom is 0.323 e. The van der Waals surface area contributed by atoms with Crippen molar-refractivity contribution in [1.82, 2.24) is 5.32 Å². The van der Waals surface area contributed by atoms with Crippen molar-refractivity contribution in [1.29, 1.82) is 0 Å². The molecule has 0 radical (unpaired) electrons. The lowest BCUT2D eigenvalue weighted by molar-refractivity contribution is -0.149. The molecule has 2 atom stereocenters. The summed E-state index contributed by atoms with van der Waals surface area (Å²) in [6, 6.07) is 19.0. The van der Waals surface area contributed by atoms with E-state index >= 15 is 0 Å². The first-order valence-corrected chi connectivity index (χ1v) is 11.6. The number of methoxy groups -OCH3 is 1. The lowest BCUT2D eigenvalue weighted by Gasteiger charge is -2.24. The number of esters is 2. The molecule has 0 bridgehead atoms. The minimum atomic E-state index is -0.776. The number of furan rings is 1. The van der Waals surface area contributed by atoms with Crippen molar-refractivity contribution >= 4 is 23.5 Å². The van der Waals surface area contributed by atoms with Crippen LogP contribution in [0.2, 0.25) is 5.02 Å². The summed E-state index contributed by atoms with van der Waals surface area (Å²) in [6.07, 6.45) is 0.732. The van der Waals surface area contributed by atoms with Gasteiger partial charge in [0, 0.05) is 17.0 Å². The largest absolute Gasteiger partial charge is 0.468 e. The second-order valence-electron chi connectivity index (χ2n) is 8.49.